The van der Waals surface area contributed by atoms with E-state index in [1.165, 1.54) is 12.7 Å². The first kappa shape index (κ1) is 17.5. The molecule has 1 aromatic carbocycles. The summed E-state index contributed by atoms with van der Waals surface area (Å²) in [6, 6.07) is 3.48. The molecule has 1 N–H and O–H groups in total. The molecule has 2 heterocycles. The van der Waals surface area contributed by atoms with Crippen LogP contribution in [0.2, 0.25) is 0 Å². The molecule has 0 saturated carbocycles. The lowest BCUT2D eigenvalue weighted by molar-refractivity contribution is 0.0514. The summed E-state index contributed by atoms with van der Waals surface area (Å²) >= 11 is 0. The first-order valence-electron chi connectivity index (χ1n) is 8.42. The van der Waals surface area contributed by atoms with Gasteiger partial charge in [0.15, 0.2) is 11.5 Å². The van der Waals surface area contributed by atoms with Gasteiger partial charge in [-0.2, -0.15) is 8.42 Å². The minimum Gasteiger partial charge on any atom is -0.493 e. The van der Waals surface area contributed by atoms with Crippen molar-refractivity contribution in [1.29, 1.82) is 0 Å². The Morgan fingerprint density at radius 1 is 1.27 bits per heavy atom. The predicted molar refractivity (Wildman–Crippen MR) is 94.8 cm³/mol. The zero-order chi connectivity index (χ0) is 18.5. The van der Waals surface area contributed by atoms with Gasteiger partial charge in [-0.1, -0.05) is 18.2 Å². The molecule has 8 heteroatoms. The number of rotatable bonds is 4. The van der Waals surface area contributed by atoms with E-state index in [4.69, 9.17) is 18.2 Å². The van der Waals surface area contributed by atoms with E-state index < -0.39 is 10.4 Å². The standard InChI is InChI=1S/C18H21NO6S/c1-23-14-4-3-13-6-8-19-7-5-12-9-16(24-2)17(25-26(20,21)22)10-15(12)18(13,19)11-14/h3-4,6,9-10,14H,5,7-8,11H2,1-2H3,(H,20,21,22). The van der Waals surface area contributed by atoms with Gasteiger partial charge >= 0.3 is 10.4 Å². The van der Waals surface area contributed by atoms with E-state index in [2.05, 4.69) is 17.1 Å². The van der Waals surface area contributed by atoms with E-state index in [-0.39, 0.29) is 23.1 Å². The van der Waals surface area contributed by atoms with Crippen molar-refractivity contribution in [2.45, 2.75) is 24.5 Å². The van der Waals surface area contributed by atoms with Gasteiger partial charge in [0.05, 0.1) is 18.8 Å². The zero-order valence-corrected chi connectivity index (χ0v) is 15.5. The van der Waals surface area contributed by atoms with Crippen LogP contribution in [0.4, 0.5) is 0 Å². The van der Waals surface area contributed by atoms with Crippen LogP contribution < -0.4 is 8.92 Å². The molecule has 0 aromatic heterocycles. The molecule has 140 valence electrons. The Hall–Kier alpha value is -1.87. The lowest BCUT2D eigenvalue weighted by Crippen LogP contribution is -2.51. The van der Waals surface area contributed by atoms with Crippen LogP contribution in [0, 0.1) is 0 Å². The topological polar surface area (TPSA) is 85.3 Å². The first-order valence-corrected chi connectivity index (χ1v) is 9.79. The van der Waals surface area contributed by atoms with E-state index in [0.29, 0.717) is 0 Å². The molecule has 0 radical (unpaired) electrons. The van der Waals surface area contributed by atoms with Gasteiger partial charge in [-0.05, 0) is 35.3 Å². The third-order valence-corrected chi connectivity index (χ3v) is 5.91. The maximum Gasteiger partial charge on any atom is 0.446 e. The summed E-state index contributed by atoms with van der Waals surface area (Å²) in [5.74, 6) is 0.268. The van der Waals surface area contributed by atoms with Gasteiger partial charge in [0.1, 0.15) is 0 Å². The van der Waals surface area contributed by atoms with Crippen LogP contribution >= 0.6 is 0 Å². The SMILES string of the molecule is COc1cc2c(cc1OS(=O)(=O)O)C13CC(OC)C=CC1=CCN3CC2. The number of hydrogen-bond acceptors (Lipinski definition) is 6. The van der Waals surface area contributed by atoms with Crippen LogP contribution in [0.3, 0.4) is 0 Å². The number of hydrogen-bond donors (Lipinski definition) is 1. The Labute approximate surface area is 152 Å². The molecule has 2 unspecified atom stereocenters. The molecule has 0 bridgehead atoms. The van der Waals surface area contributed by atoms with Crippen molar-refractivity contribution in [1.82, 2.24) is 4.90 Å². The summed E-state index contributed by atoms with van der Waals surface area (Å²) < 4.78 is 47.3. The quantitative estimate of drug-likeness (QED) is 0.799. The Balaban J connectivity index is 1.90. The van der Waals surface area contributed by atoms with Crippen molar-refractivity contribution in [3.05, 3.63) is 47.1 Å². The van der Waals surface area contributed by atoms with Gasteiger partial charge in [-0.3, -0.25) is 9.45 Å². The Morgan fingerprint density at radius 2 is 2.08 bits per heavy atom. The molecule has 1 aromatic rings. The van der Waals surface area contributed by atoms with Gasteiger partial charge < -0.3 is 13.7 Å². The fourth-order valence-corrected chi connectivity index (χ4v) is 4.76. The van der Waals surface area contributed by atoms with E-state index in [0.717, 1.165) is 37.1 Å². The van der Waals surface area contributed by atoms with E-state index in [1.54, 1.807) is 19.2 Å². The molecule has 1 spiro atoms. The molecular weight excluding hydrogens is 358 g/mol. The van der Waals surface area contributed by atoms with Crippen molar-refractivity contribution >= 4 is 10.4 Å². The lowest BCUT2D eigenvalue weighted by Gasteiger charge is -2.48. The number of fused-ring (bicyclic) bond motifs is 1. The van der Waals surface area contributed by atoms with Crippen molar-refractivity contribution in [2.75, 3.05) is 27.3 Å². The van der Waals surface area contributed by atoms with Crippen molar-refractivity contribution in [3.8, 4) is 11.5 Å². The molecule has 2 aliphatic heterocycles. The van der Waals surface area contributed by atoms with E-state index in [9.17, 15) is 8.42 Å². The normalized spacial score (nSPS) is 27.3. The number of nitrogens with zero attached hydrogens (tertiary/aromatic N) is 1. The summed E-state index contributed by atoms with van der Waals surface area (Å²) in [5.41, 5.74) is 2.85. The van der Waals surface area contributed by atoms with Crippen LogP contribution in [0.1, 0.15) is 17.5 Å². The highest BCUT2D eigenvalue weighted by atomic mass is 32.3. The minimum atomic E-state index is -4.65. The number of benzene rings is 1. The summed E-state index contributed by atoms with van der Waals surface area (Å²) in [6.45, 7) is 1.72. The number of methoxy groups -OCH3 is 2. The fraction of sp³-hybridized carbons (Fsp3) is 0.444. The van der Waals surface area contributed by atoms with Gasteiger partial charge in [0, 0.05) is 26.6 Å². The largest absolute Gasteiger partial charge is 0.493 e. The average Bonchev–Trinajstić information content (AvgIpc) is 2.98. The molecule has 7 nitrogen and oxygen atoms in total. The summed E-state index contributed by atoms with van der Waals surface area (Å²) in [5, 5.41) is 0. The second-order valence-corrected chi connectivity index (χ2v) is 7.75. The monoisotopic (exact) mass is 379 g/mol. The maximum atomic E-state index is 11.3. The highest BCUT2D eigenvalue weighted by molar-refractivity contribution is 7.81. The van der Waals surface area contributed by atoms with Crippen LogP contribution in [0.5, 0.6) is 11.5 Å². The summed E-state index contributed by atoms with van der Waals surface area (Å²) in [6.07, 6.45) is 7.85. The maximum absolute atomic E-state index is 11.3. The molecule has 26 heavy (non-hydrogen) atoms. The van der Waals surface area contributed by atoms with Crippen molar-refractivity contribution in [2.24, 2.45) is 0 Å². The Morgan fingerprint density at radius 3 is 2.77 bits per heavy atom. The molecule has 0 saturated heterocycles. The summed E-state index contributed by atoms with van der Waals surface area (Å²) in [7, 11) is -1.53. The Kier molecular flexibility index (Phi) is 4.11. The van der Waals surface area contributed by atoms with Crippen LogP contribution in [0.15, 0.2) is 35.9 Å². The lowest BCUT2D eigenvalue weighted by atomic mass is 9.71. The third-order valence-electron chi connectivity index (χ3n) is 5.52. The van der Waals surface area contributed by atoms with Gasteiger partial charge in [-0.25, -0.2) is 0 Å². The van der Waals surface area contributed by atoms with Gasteiger partial charge in [0.2, 0.25) is 0 Å². The van der Waals surface area contributed by atoms with Crippen LogP contribution in [-0.2, 0) is 27.1 Å². The molecule has 0 amide bonds. The van der Waals surface area contributed by atoms with Crippen molar-refractivity contribution in [3.63, 3.8) is 0 Å². The van der Waals surface area contributed by atoms with Gasteiger partial charge in [-0.15, -0.1) is 0 Å². The molecule has 4 rings (SSSR count). The molecular formula is C18H21NO6S. The van der Waals surface area contributed by atoms with E-state index in [1.807, 2.05) is 6.08 Å². The summed E-state index contributed by atoms with van der Waals surface area (Å²) in [4.78, 5) is 2.38. The molecule has 3 aliphatic rings. The highest BCUT2D eigenvalue weighted by Crippen LogP contribution is 2.52. The minimum absolute atomic E-state index is 0.0141. The molecule has 2 atom stereocenters. The van der Waals surface area contributed by atoms with Crippen LogP contribution in [0.25, 0.3) is 0 Å². The predicted octanol–water partition coefficient (Wildman–Crippen LogP) is 1.85. The fourth-order valence-electron chi connectivity index (χ4n) is 4.41. The average molecular weight is 379 g/mol. The smallest absolute Gasteiger partial charge is 0.446 e. The highest BCUT2D eigenvalue weighted by Gasteiger charge is 2.50. The van der Waals surface area contributed by atoms with Crippen LogP contribution in [-0.4, -0.2) is 51.3 Å². The third kappa shape index (κ3) is 2.64. The van der Waals surface area contributed by atoms with E-state index >= 15 is 0 Å². The first-order chi connectivity index (χ1) is 12.4. The zero-order valence-electron chi connectivity index (χ0n) is 14.6. The number of ether oxygens (including phenoxy) is 2. The second-order valence-electron chi connectivity index (χ2n) is 6.72. The second kappa shape index (κ2) is 6.09. The van der Waals surface area contributed by atoms with Crippen molar-refractivity contribution < 1.29 is 26.6 Å². The molecule has 1 aliphatic carbocycles. The Bertz CT molecular complexity index is 907. The molecule has 0 fully saturated rings. The van der Waals surface area contributed by atoms with Gasteiger partial charge in [0.25, 0.3) is 0 Å².